The summed E-state index contributed by atoms with van der Waals surface area (Å²) in [5, 5.41) is 4.14. The fourth-order valence-corrected chi connectivity index (χ4v) is 6.18. The van der Waals surface area contributed by atoms with Crippen LogP contribution in [0.15, 0.2) is 77.3 Å². The third-order valence-electron chi connectivity index (χ3n) is 8.39. The summed E-state index contributed by atoms with van der Waals surface area (Å²) in [6, 6.07) is 19.0. The number of ketones is 1. The summed E-state index contributed by atoms with van der Waals surface area (Å²) in [6.07, 6.45) is 3.12. The van der Waals surface area contributed by atoms with Gasteiger partial charge in [-0.05, 0) is 85.5 Å². The molecule has 0 saturated carbocycles. The summed E-state index contributed by atoms with van der Waals surface area (Å²) in [4.78, 5) is 18.2. The Morgan fingerprint density at radius 3 is 1.95 bits per heavy atom. The normalized spacial score (nSPS) is 18.1. The van der Waals surface area contributed by atoms with Gasteiger partial charge in [0.25, 0.3) is 0 Å². The monoisotopic (exact) mass is 559 g/mol. The highest BCUT2D eigenvalue weighted by Gasteiger charge is 2.34. The zero-order valence-corrected chi connectivity index (χ0v) is 22.7. The van der Waals surface area contributed by atoms with Gasteiger partial charge in [-0.1, -0.05) is 29.4 Å². The van der Waals surface area contributed by atoms with Crippen molar-refractivity contribution in [3.8, 4) is 11.3 Å². The molecule has 1 aliphatic heterocycles. The third-order valence-corrected chi connectivity index (χ3v) is 8.39. The van der Waals surface area contributed by atoms with Gasteiger partial charge >= 0.3 is 0 Å². The Hall–Kier alpha value is -3.75. The second-order valence-corrected chi connectivity index (χ2v) is 11.0. The molecule has 0 bridgehead atoms. The summed E-state index contributed by atoms with van der Waals surface area (Å²) < 4.78 is 46.1. The number of aryl methyl sites for hydroxylation is 1. The van der Waals surface area contributed by atoms with E-state index in [1.807, 2.05) is 0 Å². The third kappa shape index (κ3) is 5.99. The highest BCUT2D eigenvalue weighted by Crippen LogP contribution is 2.35. The molecule has 1 atom stereocenters. The Morgan fingerprint density at radius 1 is 0.805 bits per heavy atom. The lowest BCUT2D eigenvalue weighted by Crippen LogP contribution is -2.48. The number of piperazine rings is 1. The van der Waals surface area contributed by atoms with Crippen molar-refractivity contribution in [3.05, 3.63) is 113 Å². The number of hydrogen-bond donors (Lipinski definition) is 0. The van der Waals surface area contributed by atoms with Crippen molar-refractivity contribution in [2.75, 3.05) is 32.7 Å². The molecule has 0 N–H and O–H groups in total. The maximum absolute atomic E-state index is 13.6. The van der Waals surface area contributed by atoms with E-state index in [0.717, 1.165) is 63.1 Å². The Kier molecular flexibility index (Phi) is 8.03. The largest absolute Gasteiger partial charge is 0.360 e. The number of nitrogens with zero attached hydrogens (tertiary/aromatic N) is 3. The minimum absolute atomic E-state index is 0.0677. The van der Waals surface area contributed by atoms with Gasteiger partial charge in [0.1, 0.15) is 28.9 Å². The molecule has 1 aliphatic carbocycles. The quantitative estimate of drug-likeness (QED) is 0.241. The minimum Gasteiger partial charge on any atom is -0.360 e. The number of Topliss-reactive ketones (excluding diaryl/α,β-unsaturated/α-hetero) is 1. The van der Waals surface area contributed by atoms with E-state index in [0.29, 0.717) is 29.0 Å². The van der Waals surface area contributed by atoms with Crippen LogP contribution in [0.3, 0.4) is 0 Å². The van der Waals surface area contributed by atoms with Crippen molar-refractivity contribution in [2.24, 2.45) is 5.92 Å². The molecule has 2 heterocycles. The highest BCUT2D eigenvalue weighted by molar-refractivity contribution is 6.04. The van der Waals surface area contributed by atoms with E-state index < -0.39 is 0 Å². The van der Waals surface area contributed by atoms with E-state index in [9.17, 15) is 18.0 Å². The lowest BCUT2D eigenvalue weighted by Gasteiger charge is -2.40. The Labute approximate surface area is 237 Å². The van der Waals surface area contributed by atoms with Gasteiger partial charge in [-0.2, -0.15) is 0 Å². The summed E-state index contributed by atoms with van der Waals surface area (Å²) >= 11 is 0. The molecule has 2 aliphatic rings. The van der Waals surface area contributed by atoms with E-state index in [-0.39, 0.29) is 35.2 Å². The average molecular weight is 560 g/mol. The van der Waals surface area contributed by atoms with Crippen molar-refractivity contribution in [1.82, 2.24) is 15.0 Å². The molecule has 0 spiro atoms. The molecule has 0 amide bonds. The average Bonchev–Trinajstić information content (AvgIpc) is 3.43. The Bertz CT molecular complexity index is 1430. The maximum atomic E-state index is 13.6. The number of halogens is 3. The van der Waals surface area contributed by atoms with Gasteiger partial charge in [0.05, 0.1) is 11.6 Å². The van der Waals surface area contributed by atoms with Gasteiger partial charge in [-0.3, -0.25) is 9.69 Å². The number of rotatable bonds is 8. The summed E-state index contributed by atoms with van der Waals surface area (Å²) in [7, 11) is 0. The molecular formula is C33H32F3N3O2. The highest BCUT2D eigenvalue weighted by atomic mass is 19.1. The molecule has 0 radical (unpaired) electrons. The van der Waals surface area contributed by atoms with Crippen LogP contribution in [0.4, 0.5) is 13.2 Å². The number of aromatic nitrogens is 1. The van der Waals surface area contributed by atoms with Gasteiger partial charge in [-0.15, -0.1) is 0 Å². The molecule has 6 rings (SSSR count). The van der Waals surface area contributed by atoms with E-state index >= 15 is 0 Å². The summed E-state index contributed by atoms with van der Waals surface area (Å²) in [5.74, 6) is -0.280. The molecule has 8 heteroatoms. The number of carbonyl (C=O) groups excluding carboxylic acids is 1. The second kappa shape index (κ2) is 12.0. The molecule has 4 aromatic rings. The van der Waals surface area contributed by atoms with Gasteiger partial charge in [0.2, 0.25) is 0 Å². The molecule has 1 fully saturated rings. The van der Waals surface area contributed by atoms with Crippen molar-refractivity contribution in [1.29, 1.82) is 0 Å². The van der Waals surface area contributed by atoms with Crippen LogP contribution in [0, 0.1) is 23.4 Å². The van der Waals surface area contributed by atoms with Crippen molar-refractivity contribution in [2.45, 2.75) is 31.7 Å². The fraction of sp³-hybridized carbons (Fsp3) is 0.333. The van der Waals surface area contributed by atoms with E-state index in [4.69, 9.17) is 4.52 Å². The van der Waals surface area contributed by atoms with Gasteiger partial charge < -0.3 is 9.42 Å². The Balaban J connectivity index is 1.05. The standard InChI is InChI=1S/C33H32F3N3O2/c34-26-10-3-22(4-11-26)31-30-29(41-37-31)16-9-25(33(30)40)2-1-17-38-18-20-39(21-19-38)32(23-5-12-27(35)13-6-23)24-7-14-28(36)15-8-24/h3-8,10-15,25,32H,1-2,9,16-21H2. The molecule has 1 aromatic heterocycles. The molecular weight excluding hydrogens is 527 g/mol. The van der Waals surface area contributed by atoms with Crippen LogP contribution in [-0.2, 0) is 6.42 Å². The molecule has 212 valence electrons. The molecule has 5 nitrogen and oxygen atoms in total. The predicted octanol–water partition coefficient (Wildman–Crippen LogP) is 6.69. The van der Waals surface area contributed by atoms with Crippen LogP contribution < -0.4 is 0 Å². The van der Waals surface area contributed by atoms with Gasteiger partial charge in [0.15, 0.2) is 5.78 Å². The van der Waals surface area contributed by atoms with Crippen molar-refractivity contribution < 1.29 is 22.5 Å². The lowest BCUT2D eigenvalue weighted by atomic mass is 9.82. The van der Waals surface area contributed by atoms with Gasteiger partial charge in [-0.25, -0.2) is 13.2 Å². The minimum atomic E-state index is -0.336. The summed E-state index contributed by atoms with van der Waals surface area (Å²) in [5.41, 5.74) is 3.70. The van der Waals surface area contributed by atoms with E-state index in [1.165, 1.54) is 36.4 Å². The van der Waals surface area contributed by atoms with Crippen LogP contribution in [-0.4, -0.2) is 53.5 Å². The molecule has 3 aromatic carbocycles. The smallest absolute Gasteiger partial charge is 0.171 e. The number of carbonyl (C=O) groups is 1. The first-order valence-corrected chi connectivity index (χ1v) is 14.2. The fourth-order valence-electron chi connectivity index (χ4n) is 6.18. The number of hydrogen-bond acceptors (Lipinski definition) is 5. The first-order chi connectivity index (χ1) is 20.0. The second-order valence-electron chi connectivity index (χ2n) is 11.0. The maximum Gasteiger partial charge on any atom is 0.171 e. The first kappa shape index (κ1) is 27.4. The van der Waals surface area contributed by atoms with Crippen LogP contribution in [0.2, 0.25) is 0 Å². The van der Waals surface area contributed by atoms with E-state index in [2.05, 4.69) is 15.0 Å². The Morgan fingerprint density at radius 2 is 1.37 bits per heavy atom. The molecule has 41 heavy (non-hydrogen) atoms. The molecule has 1 saturated heterocycles. The first-order valence-electron chi connectivity index (χ1n) is 14.2. The van der Waals surface area contributed by atoms with Crippen LogP contribution in [0.5, 0.6) is 0 Å². The van der Waals surface area contributed by atoms with Crippen molar-refractivity contribution >= 4 is 5.78 Å². The lowest BCUT2D eigenvalue weighted by molar-refractivity contribution is 0.0869. The summed E-state index contributed by atoms with van der Waals surface area (Å²) in [6.45, 7) is 4.31. The van der Waals surface area contributed by atoms with Crippen LogP contribution in [0.25, 0.3) is 11.3 Å². The zero-order chi connectivity index (χ0) is 28.3. The van der Waals surface area contributed by atoms with Crippen molar-refractivity contribution in [3.63, 3.8) is 0 Å². The van der Waals surface area contributed by atoms with Crippen LogP contribution >= 0.6 is 0 Å². The molecule has 1 unspecified atom stereocenters. The van der Waals surface area contributed by atoms with Crippen LogP contribution in [0.1, 0.15) is 52.5 Å². The number of benzene rings is 3. The van der Waals surface area contributed by atoms with E-state index in [1.54, 1.807) is 36.4 Å². The topological polar surface area (TPSA) is 49.6 Å². The number of fused-ring (bicyclic) bond motifs is 1. The predicted molar refractivity (Wildman–Crippen MR) is 150 cm³/mol. The SMILES string of the molecule is O=C1c2c(-c3ccc(F)cc3)noc2CCC1CCCN1CCN(C(c2ccc(F)cc2)c2ccc(F)cc2)CC1. The zero-order valence-electron chi connectivity index (χ0n) is 22.7. The van der Waals surface area contributed by atoms with Gasteiger partial charge in [0, 0.05) is 44.1 Å².